The van der Waals surface area contributed by atoms with Crippen molar-refractivity contribution >= 4 is 56.1 Å². The van der Waals surface area contributed by atoms with Gasteiger partial charge in [-0.1, -0.05) is 54.2 Å². The molecule has 1 aliphatic carbocycles. The van der Waals surface area contributed by atoms with Gasteiger partial charge in [-0.15, -0.1) is 21.5 Å². The van der Waals surface area contributed by atoms with Crippen LogP contribution >= 0.6 is 23.1 Å². The van der Waals surface area contributed by atoms with Crippen LogP contribution < -0.4 is 5.32 Å². The number of hydrogen-bond donors (Lipinski definition) is 2. The first-order valence-corrected chi connectivity index (χ1v) is 12.5. The molecule has 1 amide bonds. The summed E-state index contributed by atoms with van der Waals surface area (Å²) in [6, 6.07) is 18.4. The molecule has 9 heteroatoms. The molecular weight excluding hydrogens is 464 g/mol. The van der Waals surface area contributed by atoms with E-state index in [1.165, 1.54) is 28.7 Å². The zero-order valence-electron chi connectivity index (χ0n) is 18.1. The van der Waals surface area contributed by atoms with E-state index < -0.39 is 5.25 Å². The maximum absolute atomic E-state index is 13.0. The van der Waals surface area contributed by atoms with Gasteiger partial charge >= 0.3 is 0 Å². The molecule has 1 atom stereocenters. The smallest absolute Gasteiger partial charge is 0.238 e. The van der Waals surface area contributed by atoms with Crippen molar-refractivity contribution in [2.75, 3.05) is 5.32 Å². The van der Waals surface area contributed by atoms with Gasteiger partial charge in [0, 0.05) is 15.8 Å². The first kappa shape index (κ1) is 20.8. The van der Waals surface area contributed by atoms with Gasteiger partial charge in [0.25, 0.3) is 0 Å². The number of hydrogen-bond acceptors (Lipinski definition) is 7. The van der Waals surface area contributed by atoms with Gasteiger partial charge in [0.15, 0.2) is 5.65 Å². The number of benzene rings is 2. The van der Waals surface area contributed by atoms with Crippen molar-refractivity contribution in [2.45, 2.75) is 30.2 Å². The van der Waals surface area contributed by atoms with Crippen LogP contribution in [0.1, 0.15) is 23.6 Å². The second kappa shape index (κ2) is 8.24. The second-order valence-electron chi connectivity index (χ2n) is 8.09. The van der Waals surface area contributed by atoms with Crippen LogP contribution in [0.2, 0.25) is 0 Å². The Bertz CT molecular complexity index is 1630. The molecule has 0 saturated carbocycles. The van der Waals surface area contributed by atoms with Crippen molar-refractivity contribution in [3.63, 3.8) is 0 Å². The Morgan fingerprint density at radius 2 is 2.00 bits per heavy atom. The largest absolute Gasteiger partial charge is 0.338 e. The van der Waals surface area contributed by atoms with E-state index >= 15 is 0 Å². The number of para-hydroxylation sites is 1. The number of amides is 1. The van der Waals surface area contributed by atoms with Gasteiger partial charge in [-0.05, 0) is 42.5 Å². The lowest BCUT2D eigenvalue weighted by Crippen LogP contribution is -2.22. The number of aromatic nitrogens is 4. The van der Waals surface area contributed by atoms with Crippen molar-refractivity contribution in [3.8, 4) is 16.5 Å². The fourth-order valence-corrected chi connectivity index (χ4v) is 6.31. The number of nitrogens with zero attached hydrogens (tertiary/aromatic N) is 4. The molecule has 0 aliphatic heterocycles. The summed E-state index contributed by atoms with van der Waals surface area (Å²) in [5, 5.41) is 22.9. The summed E-state index contributed by atoms with van der Waals surface area (Å²) >= 11 is 2.71. The Labute approximate surface area is 203 Å². The molecule has 2 aromatic carbocycles. The van der Waals surface area contributed by atoms with E-state index in [1.54, 1.807) is 6.92 Å². The number of H-pyrrole nitrogens is 1. The van der Waals surface area contributed by atoms with Crippen LogP contribution in [0.5, 0.6) is 0 Å². The van der Waals surface area contributed by atoms with Gasteiger partial charge in [0.1, 0.15) is 16.6 Å². The highest BCUT2D eigenvalue weighted by Crippen LogP contribution is 2.45. The number of carbonyl (C=O) groups is 1. The lowest BCUT2D eigenvalue weighted by Gasteiger charge is -2.15. The third kappa shape index (κ3) is 3.43. The lowest BCUT2D eigenvalue weighted by atomic mass is 9.90. The normalized spacial score (nSPS) is 13.3. The molecule has 0 saturated heterocycles. The highest BCUT2D eigenvalue weighted by Gasteiger charge is 2.26. The quantitative estimate of drug-likeness (QED) is 0.336. The maximum atomic E-state index is 13.0. The van der Waals surface area contributed by atoms with E-state index in [1.807, 2.05) is 36.4 Å². The molecule has 166 valence electrons. The van der Waals surface area contributed by atoms with Crippen LogP contribution in [0.25, 0.3) is 32.5 Å². The number of fused-ring (bicyclic) bond motifs is 6. The van der Waals surface area contributed by atoms with Crippen LogP contribution in [0.3, 0.4) is 0 Å². The third-order valence-corrected chi connectivity index (χ3v) is 8.15. The van der Waals surface area contributed by atoms with Crippen molar-refractivity contribution in [1.29, 1.82) is 5.26 Å². The molecule has 3 heterocycles. The zero-order chi connectivity index (χ0) is 23.2. The summed E-state index contributed by atoms with van der Waals surface area (Å²) in [5.74, 6) is -0.200. The van der Waals surface area contributed by atoms with Crippen LogP contribution in [0.4, 0.5) is 5.00 Å². The summed E-state index contributed by atoms with van der Waals surface area (Å²) in [5.41, 5.74) is 6.32. The molecule has 0 bridgehead atoms. The minimum Gasteiger partial charge on any atom is -0.338 e. The number of thiophene rings is 1. The average Bonchev–Trinajstić information content (AvgIpc) is 3.41. The van der Waals surface area contributed by atoms with Crippen LogP contribution in [0.15, 0.2) is 53.7 Å². The number of nitrogens with one attached hydrogen (secondary N) is 2. The van der Waals surface area contributed by atoms with E-state index in [0.717, 1.165) is 39.7 Å². The number of aromatic amines is 1. The summed E-state index contributed by atoms with van der Waals surface area (Å²) in [4.78, 5) is 21.9. The molecule has 6 rings (SSSR count). The fraction of sp³-hybridized carbons (Fsp3) is 0.160. The van der Waals surface area contributed by atoms with Crippen molar-refractivity contribution in [1.82, 2.24) is 20.2 Å². The zero-order valence-corrected chi connectivity index (χ0v) is 19.8. The highest BCUT2D eigenvalue weighted by atomic mass is 32.2. The van der Waals surface area contributed by atoms with Gasteiger partial charge < -0.3 is 10.3 Å². The predicted molar refractivity (Wildman–Crippen MR) is 135 cm³/mol. The Kier molecular flexibility index (Phi) is 5.05. The Morgan fingerprint density at radius 3 is 2.88 bits per heavy atom. The minimum absolute atomic E-state index is 0.200. The highest BCUT2D eigenvalue weighted by molar-refractivity contribution is 8.00. The van der Waals surface area contributed by atoms with E-state index in [-0.39, 0.29) is 5.91 Å². The van der Waals surface area contributed by atoms with E-state index in [2.05, 4.69) is 43.7 Å². The Balaban J connectivity index is 1.24. The van der Waals surface area contributed by atoms with Gasteiger partial charge in [-0.2, -0.15) is 5.26 Å². The molecule has 1 aliphatic rings. The molecule has 34 heavy (non-hydrogen) atoms. The first-order valence-electron chi connectivity index (χ1n) is 10.8. The van der Waals surface area contributed by atoms with Crippen molar-refractivity contribution < 1.29 is 4.79 Å². The fourth-order valence-electron chi connectivity index (χ4n) is 4.33. The topological polar surface area (TPSA) is 107 Å². The molecule has 0 fully saturated rings. The molecule has 1 unspecified atom stereocenters. The Hall–Kier alpha value is -3.74. The second-order valence-corrected chi connectivity index (χ2v) is 10.4. The summed E-state index contributed by atoms with van der Waals surface area (Å²) in [6.07, 6.45) is 1.70. The molecule has 7 nitrogen and oxygen atoms in total. The first-order chi connectivity index (χ1) is 16.6. The molecular formula is C25H18N6OS2. The summed E-state index contributed by atoms with van der Waals surface area (Å²) in [7, 11) is 0. The molecule has 5 aromatic rings. The standard InChI is InChI=1S/C25H18N6OS2/c1-13(33-25-28-22-20(30-31-25)17-8-4-5-9-19(17)27-22)23(32)29-24-18(12-26)16-11-10-14-6-2-3-7-15(14)21(16)34-24/h2-9,13H,10-11H2,1H3,(H,29,32)(H,27,28,31). The van der Waals surface area contributed by atoms with Gasteiger partial charge in [0.05, 0.1) is 10.8 Å². The maximum Gasteiger partial charge on any atom is 0.238 e. The summed E-state index contributed by atoms with van der Waals surface area (Å²) < 4.78 is 0. The van der Waals surface area contributed by atoms with Gasteiger partial charge in [-0.25, -0.2) is 4.98 Å². The molecule has 3 aromatic heterocycles. The van der Waals surface area contributed by atoms with Gasteiger partial charge in [-0.3, -0.25) is 4.79 Å². The summed E-state index contributed by atoms with van der Waals surface area (Å²) in [6.45, 7) is 1.80. The monoisotopic (exact) mass is 482 g/mol. The SMILES string of the molecule is CC(Sc1nnc2c(n1)[nH]c1ccccc12)C(=O)Nc1sc2c(c1C#N)CCc1ccccc1-2. The number of rotatable bonds is 4. The van der Waals surface area contributed by atoms with E-state index in [9.17, 15) is 10.1 Å². The minimum atomic E-state index is -0.471. The molecule has 0 radical (unpaired) electrons. The van der Waals surface area contributed by atoms with Crippen molar-refractivity contribution in [2.24, 2.45) is 0 Å². The molecule has 2 N–H and O–H groups in total. The van der Waals surface area contributed by atoms with E-state index in [0.29, 0.717) is 26.9 Å². The molecule has 0 spiro atoms. The van der Waals surface area contributed by atoms with Crippen molar-refractivity contribution in [3.05, 3.63) is 65.2 Å². The number of anilines is 1. The number of thioether (sulfide) groups is 1. The lowest BCUT2D eigenvalue weighted by molar-refractivity contribution is -0.115. The average molecular weight is 483 g/mol. The van der Waals surface area contributed by atoms with Crippen LogP contribution in [-0.2, 0) is 17.6 Å². The number of carbonyl (C=O) groups excluding carboxylic acids is 1. The van der Waals surface area contributed by atoms with Gasteiger partial charge in [0.2, 0.25) is 11.1 Å². The Morgan fingerprint density at radius 1 is 1.18 bits per heavy atom. The predicted octanol–water partition coefficient (Wildman–Crippen LogP) is 5.32. The third-order valence-electron chi connectivity index (χ3n) is 6.02. The number of aryl methyl sites for hydroxylation is 1. The van der Waals surface area contributed by atoms with E-state index in [4.69, 9.17) is 0 Å². The van der Waals surface area contributed by atoms with Crippen LogP contribution in [-0.4, -0.2) is 31.3 Å². The van der Waals surface area contributed by atoms with Crippen LogP contribution in [0, 0.1) is 11.3 Å². The number of nitriles is 1.